The Labute approximate surface area is 111 Å². The maximum atomic E-state index is 12.0. The lowest BCUT2D eigenvalue weighted by atomic mass is 10.2. The van der Waals surface area contributed by atoms with Gasteiger partial charge in [0.2, 0.25) is 6.29 Å². The number of rotatable bonds is 5. The number of hydrogen-bond donors (Lipinski definition) is 1. The Hall–Kier alpha value is -2.62. The van der Waals surface area contributed by atoms with Gasteiger partial charge in [-0.25, -0.2) is 0 Å². The van der Waals surface area contributed by atoms with E-state index in [0.717, 1.165) is 5.56 Å². The number of anilines is 1. The average molecular weight is 253 g/mol. The highest BCUT2D eigenvalue weighted by atomic mass is 16.2. The van der Waals surface area contributed by atoms with Crippen LogP contribution in [0, 0.1) is 0 Å². The molecule has 0 bridgehead atoms. The SMILES string of the molecule is O=[C]CN(C(=O)/C=C/c1ccccc1)c1ccc[nH]1. The first-order valence-electron chi connectivity index (χ1n) is 5.84. The number of amides is 1. The van der Waals surface area contributed by atoms with Gasteiger partial charge in [-0.3, -0.25) is 14.5 Å². The third kappa shape index (κ3) is 3.42. The van der Waals surface area contributed by atoms with Crippen molar-refractivity contribution >= 4 is 24.1 Å². The molecule has 19 heavy (non-hydrogen) atoms. The van der Waals surface area contributed by atoms with E-state index in [4.69, 9.17) is 0 Å². The molecule has 1 heterocycles. The Morgan fingerprint density at radius 3 is 2.63 bits per heavy atom. The van der Waals surface area contributed by atoms with Crippen molar-refractivity contribution in [2.24, 2.45) is 0 Å². The molecular weight excluding hydrogens is 240 g/mol. The molecule has 1 radical (unpaired) electrons. The van der Waals surface area contributed by atoms with Crippen molar-refractivity contribution in [1.82, 2.24) is 4.98 Å². The summed E-state index contributed by atoms with van der Waals surface area (Å²) in [4.78, 5) is 26.8. The Bertz CT molecular complexity index is 559. The zero-order chi connectivity index (χ0) is 13.5. The minimum Gasteiger partial charge on any atom is -0.348 e. The summed E-state index contributed by atoms with van der Waals surface area (Å²) >= 11 is 0. The second-order valence-electron chi connectivity index (χ2n) is 3.87. The van der Waals surface area contributed by atoms with E-state index in [1.54, 1.807) is 30.7 Å². The first-order chi connectivity index (χ1) is 9.31. The number of benzene rings is 1. The van der Waals surface area contributed by atoms with Crippen LogP contribution >= 0.6 is 0 Å². The summed E-state index contributed by atoms with van der Waals surface area (Å²) in [5.41, 5.74) is 0.928. The molecule has 2 aromatic rings. The van der Waals surface area contributed by atoms with Crippen molar-refractivity contribution in [3.8, 4) is 0 Å². The third-order valence-electron chi connectivity index (χ3n) is 2.58. The summed E-state index contributed by atoms with van der Waals surface area (Å²) in [5, 5.41) is 0. The zero-order valence-electron chi connectivity index (χ0n) is 10.2. The fourth-order valence-electron chi connectivity index (χ4n) is 1.66. The van der Waals surface area contributed by atoms with Crippen molar-refractivity contribution in [3.05, 3.63) is 60.3 Å². The fraction of sp³-hybridized carbons (Fsp3) is 0.0667. The van der Waals surface area contributed by atoms with Crippen LogP contribution in [0.2, 0.25) is 0 Å². The molecule has 0 unspecified atom stereocenters. The van der Waals surface area contributed by atoms with Crippen LogP contribution in [0.15, 0.2) is 54.7 Å². The second-order valence-corrected chi connectivity index (χ2v) is 3.87. The van der Waals surface area contributed by atoms with Crippen molar-refractivity contribution in [2.75, 3.05) is 11.4 Å². The summed E-state index contributed by atoms with van der Waals surface area (Å²) in [7, 11) is 0. The van der Waals surface area contributed by atoms with Crippen LogP contribution in [0.5, 0.6) is 0 Å². The maximum absolute atomic E-state index is 12.0. The minimum absolute atomic E-state index is 0.0987. The molecule has 1 amide bonds. The van der Waals surface area contributed by atoms with Crippen LogP contribution in [0.4, 0.5) is 5.82 Å². The van der Waals surface area contributed by atoms with Gasteiger partial charge in [-0.05, 0) is 23.8 Å². The van der Waals surface area contributed by atoms with Gasteiger partial charge in [0.1, 0.15) is 5.82 Å². The normalized spacial score (nSPS) is 10.5. The quantitative estimate of drug-likeness (QED) is 0.830. The van der Waals surface area contributed by atoms with Gasteiger partial charge in [0.15, 0.2) is 0 Å². The van der Waals surface area contributed by atoms with Gasteiger partial charge in [-0.15, -0.1) is 0 Å². The lowest BCUT2D eigenvalue weighted by molar-refractivity contribution is -0.114. The Balaban J connectivity index is 2.12. The van der Waals surface area contributed by atoms with E-state index in [0.29, 0.717) is 5.82 Å². The van der Waals surface area contributed by atoms with E-state index in [9.17, 15) is 9.59 Å². The molecule has 0 aliphatic rings. The van der Waals surface area contributed by atoms with Crippen LogP contribution < -0.4 is 4.90 Å². The van der Waals surface area contributed by atoms with Crippen molar-refractivity contribution in [1.29, 1.82) is 0 Å². The monoisotopic (exact) mass is 253 g/mol. The molecular formula is C15H13N2O2. The Morgan fingerprint density at radius 2 is 2.00 bits per heavy atom. The number of carbonyl (C=O) groups is 1. The van der Waals surface area contributed by atoms with Gasteiger partial charge in [0.25, 0.3) is 5.91 Å². The van der Waals surface area contributed by atoms with Gasteiger partial charge in [-0.2, -0.15) is 0 Å². The van der Waals surface area contributed by atoms with Crippen molar-refractivity contribution < 1.29 is 9.59 Å². The molecule has 1 aromatic heterocycles. The molecule has 0 atom stereocenters. The maximum Gasteiger partial charge on any atom is 0.252 e. The molecule has 0 saturated heterocycles. The minimum atomic E-state index is -0.269. The predicted molar refractivity (Wildman–Crippen MR) is 74.3 cm³/mol. The van der Waals surface area contributed by atoms with E-state index in [1.165, 1.54) is 11.0 Å². The molecule has 2 rings (SSSR count). The van der Waals surface area contributed by atoms with E-state index in [2.05, 4.69) is 4.98 Å². The molecule has 1 N–H and O–H groups in total. The van der Waals surface area contributed by atoms with Crippen LogP contribution in [0.3, 0.4) is 0 Å². The van der Waals surface area contributed by atoms with Crippen molar-refractivity contribution in [3.63, 3.8) is 0 Å². The summed E-state index contributed by atoms with van der Waals surface area (Å²) < 4.78 is 0. The molecule has 4 nitrogen and oxygen atoms in total. The number of aromatic amines is 1. The molecule has 4 heteroatoms. The van der Waals surface area contributed by atoms with E-state index in [-0.39, 0.29) is 12.5 Å². The first kappa shape index (κ1) is 12.8. The van der Waals surface area contributed by atoms with Crippen LogP contribution in [-0.2, 0) is 9.59 Å². The van der Waals surface area contributed by atoms with Gasteiger partial charge in [-0.1, -0.05) is 30.3 Å². The average Bonchev–Trinajstić information content (AvgIpc) is 2.97. The second kappa shape index (κ2) is 6.35. The molecule has 0 saturated carbocycles. The lowest BCUT2D eigenvalue weighted by Crippen LogP contribution is -2.31. The summed E-state index contributed by atoms with van der Waals surface area (Å²) in [6, 6.07) is 13.0. The molecule has 0 spiro atoms. The highest BCUT2D eigenvalue weighted by molar-refractivity contribution is 6.04. The Morgan fingerprint density at radius 1 is 1.21 bits per heavy atom. The van der Waals surface area contributed by atoms with E-state index < -0.39 is 0 Å². The first-order valence-corrected chi connectivity index (χ1v) is 5.84. The molecule has 0 aliphatic heterocycles. The largest absolute Gasteiger partial charge is 0.348 e. The standard InChI is InChI=1S/C15H13N2O2/c18-12-11-17(14-7-4-10-16-14)15(19)9-8-13-5-2-1-3-6-13/h1-10,16H,11H2/b9-8+. The summed E-state index contributed by atoms with van der Waals surface area (Å²) in [5.74, 6) is 0.306. The summed E-state index contributed by atoms with van der Waals surface area (Å²) in [6.45, 7) is -0.0987. The smallest absolute Gasteiger partial charge is 0.252 e. The Kier molecular flexibility index (Phi) is 4.29. The van der Waals surface area contributed by atoms with Crippen LogP contribution in [0.1, 0.15) is 5.56 Å². The number of H-pyrrole nitrogens is 1. The number of nitrogens with zero attached hydrogens (tertiary/aromatic N) is 1. The molecule has 95 valence electrons. The van der Waals surface area contributed by atoms with Crippen molar-refractivity contribution in [2.45, 2.75) is 0 Å². The van der Waals surface area contributed by atoms with Crippen LogP contribution in [-0.4, -0.2) is 23.7 Å². The highest BCUT2D eigenvalue weighted by Gasteiger charge is 2.13. The third-order valence-corrected chi connectivity index (χ3v) is 2.58. The molecule has 0 aliphatic carbocycles. The number of nitrogens with one attached hydrogen (secondary N) is 1. The molecule has 0 fully saturated rings. The molecule has 1 aromatic carbocycles. The number of carbonyl (C=O) groups excluding carboxylic acids is 2. The van der Waals surface area contributed by atoms with Gasteiger partial charge >= 0.3 is 0 Å². The fourth-order valence-corrected chi connectivity index (χ4v) is 1.66. The lowest BCUT2D eigenvalue weighted by Gasteiger charge is -2.15. The van der Waals surface area contributed by atoms with Gasteiger partial charge in [0.05, 0.1) is 6.54 Å². The number of hydrogen-bond acceptors (Lipinski definition) is 2. The summed E-state index contributed by atoms with van der Waals surface area (Å²) in [6.07, 6.45) is 6.58. The van der Waals surface area contributed by atoms with E-state index >= 15 is 0 Å². The topological polar surface area (TPSA) is 53.2 Å². The van der Waals surface area contributed by atoms with Crippen LogP contribution in [0.25, 0.3) is 6.08 Å². The highest BCUT2D eigenvalue weighted by Crippen LogP contribution is 2.11. The zero-order valence-corrected chi connectivity index (χ0v) is 10.2. The predicted octanol–water partition coefficient (Wildman–Crippen LogP) is 2.17. The van der Waals surface area contributed by atoms with Gasteiger partial charge < -0.3 is 4.98 Å². The number of aromatic nitrogens is 1. The van der Waals surface area contributed by atoms with E-state index in [1.807, 2.05) is 30.3 Å². The van der Waals surface area contributed by atoms with Gasteiger partial charge in [0, 0.05) is 12.3 Å².